The first kappa shape index (κ1) is 12.0. The molecule has 0 unspecified atom stereocenters. The molecule has 92 valence electrons. The number of nitro groups is 1. The van der Waals surface area contributed by atoms with E-state index in [9.17, 15) is 14.9 Å². The van der Waals surface area contributed by atoms with E-state index in [-0.39, 0.29) is 5.69 Å². The molecule has 0 aliphatic heterocycles. The lowest BCUT2D eigenvalue weighted by molar-refractivity contribution is -0.384. The monoisotopic (exact) mass is 245 g/mol. The first-order valence-corrected chi connectivity index (χ1v) is 5.40. The third-order valence-electron chi connectivity index (χ3n) is 2.57. The SMILES string of the molecule is O=Cc1cnn(CCc2ccc([N+](=O)[O-])cc2)c1. The molecule has 0 aliphatic rings. The Balaban J connectivity index is 1.97. The van der Waals surface area contributed by atoms with Gasteiger partial charge in [-0.1, -0.05) is 12.1 Å². The number of non-ortho nitro benzene ring substituents is 1. The van der Waals surface area contributed by atoms with E-state index in [4.69, 9.17) is 0 Å². The average molecular weight is 245 g/mol. The molecular weight excluding hydrogens is 234 g/mol. The molecule has 6 nitrogen and oxygen atoms in total. The average Bonchev–Trinajstić information content (AvgIpc) is 2.85. The highest BCUT2D eigenvalue weighted by Crippen LogP contribution is 2.12. The summed E-state index contributed by atoms with van der Waals surface area (Å²) in [5, 5.41) is 14.5. The molecule has 1 heterocycles. The molecule has 0 aliphatic carbocycles. The second kappa shape index (κ2) is 5.22. The Kier molecular flexibility index (Phi) is 3.47. The van der Waals surface area contributed by atoms with Crippen molar-refractivity contribution in [3.8, 4) is 0 Å². The molecule has 0 bridgehead atoms. The van der Waals surface area contributed by atoms with Crippen LogP contribution in [0.3, 0.4) is 0 Å². The highest BCUT2D eigenvalue weighted by Gasteiger charge is 2.04. The van der Waals surface area contributed by atoms with Crippen molar-refractivity contribution in [3.05, 3.63) is 57.9 Å². The maximum Gasteiger partial charge on any atom is 0.269 e. The summed E-state index contributed by atoms with van der Waals surface area (Å²) < 4.78 is 1.67. The maximum absolute atomic E-state index is 10.5. The number of aldehydes is 1. The zero-order chi connectivity index (χ0) is 13.0. The van der Waals surface area contributed by atoms with E-state index in [1.54, 1.807) is 23.0 Å². The van der Waals surface area contributed by atoms with Crippen LogP contribution in [0.5, 0.6) is 0 Å². The second-order valence-electron chi connectivity index (χ2n) is 3.83. The topological polar surface area (TPSA) is 78.0 Å². The second-order valence-corrected chi connectivity index (χ2v) is 3.83. The van der Waals surface area contributed by atoms with Gasteiger partial charge in [0.1, 0.15) is 0 Å². The summed E-state index contributed by atoms with van der Waals surface area (Å²) in [5.74, 6) is 0. The van der Waals surface area contributed by atoms with Crippen LogP contribution in [0.1, 0.15) is 15.9 Å². The molecule has 0 saturated heterocycles. The van der Waals surface area contributed by atoms with Crippen LogP contribution in [0.25, 0.3) is 0 Å². The summed E-state index contributed by atoms with van der Waals surface area (Å²) in [4.78, 5) is 20.5. The van der Waals surface area contributed by atoms with Crippen molar-refractivity contribution in [1.29, 1.82) is 0 Å². The van der Waals surface area contributed by atoms with Crippen molar-refractivity contribution in [2.45, 2.75) is 13.0 Å². The smallest absolute Gasteiger partial charge is 0.269 e. The predicted octanol–water partition coefficient (Wildman–Crippen LogP) is 1.85. The van der Waals surface area contributed by atoms with Gasteiger partial charge >= 0.3 is 0 Å². The van der Waals surface area contributed by atoms with Gasteiger partial charge in [0.25, 0.3) is 5.69 Å². The number of hydrogen-bond donors (Lipinski definition) is 0. The number of benzene rings is 1. The summed E-state index contributed by atoms with van der Waals surface area (Å²) in [5.41, 5.74) is 1.61. The molecule has 1 aromatic carbocycles. The van der Waals surface area contributed by atoms with Crippen molar-refractivity contribution in [3.63, 3.8) is 0 Å². The Hall–Kier alpha value is -2.50. The van der Waals surface area contributed by atoms with Crippen molar-refractivity contribution in [2.24, 2.45) is 0 Å². The van der Waals surface area contributed by atoms with E-state index < -0.39 is 4.92 Å². The van der Waals surface area contributed by atoms with Gasteiger partial charge in [0.15, 0.2) is 6.29 Å². The van der Waals surface area contributed by atoms with Crippen LogP contribution in [0.2, 0.25) is 0 Å². The molecule has 2 rings (SSSR count). The number of carbonyl (C=O) groups is 1. The van der Waals surface area contributed by atoms with Crippen LogP contribution in [-0.2, 0) is 13.0 Å². The van der Waals surface area contributed by atoms with Crippen LogP contribution in [0, 0.1) is 10.1 Å². The van der Waals surface area contributed by atoms with Gasteiger partial charge in [0, 0.05) is 24.9 Å². The number of rotatable bonds is 5. The molecule has 0 amide bonds. The first-order valence-electron chi connectivity index (χ1n) is 5.40. The summed E-state index contributed by atoms with van der Waals surface area (Å²) in [6.07, 6.45) is 4.62. The summed E-state index contributed by atoms with van der Waals surface area (Å²) in [6, 6.07) is 6.41. The third-order valence-corrected chi connectivity index (χ3v) is 2.57. The maximum atomic E-state index is 10.5. The molecule has 0 N–H and O–H groups in total. The summed E-state index contributed by atoms with van der Waals surface area (Å²) in [6.45, 7) is 0.631. The fourth-order valence-electron chi connectivity index (χ4n) is 1.59. The molecular formula is C12H11N3O3. The van der Waals surface area contributed by atoms with Crippen LogP contribution >= 0.6 is 0 Å². The van der Waals surface area contributed by atoms with Crippen molar-refractivity contribution >= 4 is 12.0 Å². The standard InChI is InChI=1S/C12H11N3O3/c16-9-11-7-13-14(8-11)6-5-10-1-3-12(4-2-10)15(17)18/h1-4,7-9H,5-6H2. The summed E-state index contributed by atoms with van der Waals surface area (Å²) in [7, 11) is 0. The van der Waals surface area contributed by atoms with Gasteiger partial charge in [-0.2, -0.15) is 5.10 Å². The van der Waals surface area contributed by atoms with Crippen molar-refractivity contribution in [2.75, 3.05) is 0 Å². The Bertz CT molecular complexity index is 560. The fourth-order valence-corrected chi connectivity index (χ4v) is 1.59. The number of nitrogens with zero attached hydrogens (tertiary/aromatic N) is 3. The summed E-state index contributed by atoms with van der Waals surface area (Å²) >= 11 is 0. The normalized spacial score (nSPS) is 10.2. The molecule has 2 aromatic rings. The van der Waals surface area contributed by atoms with Crippen LogP contribution < -0.4 is 0 Å². The fraction of sp³-hybridized carbons (Fsp3) is 0.167. The number of aromatic nitrogens is 2. The van der Waals surface area contributed by atoms with Crippen molar-refractivity contribution in [1.82, 2.24) is 9.78 Å². The van der Waals surface area contributed by atoms with E-state index in [1.165, 1.54) is 18.3 Å². The molecule has 0 fully saturated rings. The molecule has 0 atom stereocenters. The Morgan fingerprint density at radius 1 is 1.33 bits per heavy atom. The molecule has 0 radical (unpaired) electrons. The number of nitro benzene ring substituents is 1. The van der Waals surface area contributed by atoms with E-state index in [0.717, 1.165) is 11.8 Å². The van der Waals surface area contributed by atoms with Crippen LogP contribution in [0.15, 0.2) is 36.7 Å². The van der Waals surface area contributed by atoms with Gasteiger partial charge in [0.2, 0.25) is 0 Å². The highest BCUT2D eigenvalue weighted by molar-refractivity contribution is 5.73. The van der Waals surface area contributed by atoms with E-state index in [2.05, 4.69) is 5.10 Å². The van der Waals surface area contributed by atoms with Gasteiger partial charge in [-0.05, 0) is 12.0 Å². The predicted molar refractivity (Wildman–Crippen MR) is 64.4 cm³/mol. The quantitative estimate of drug-likeness (QED) is 0.457. The van der Waals surface area contributed by atoms with Crippen LogP contribution in [0.4, 0.5) is 5.69 Å². The zero-order valence-electron chi connectivity index (χ0n) is 9.52. The van der Waals surface area contributed by atoms with E-state index in [1.807, 2.05) is 0 Å². The Morgan fingerprint density at radius 3 is 2.61 bits per heavy atom. The molecule has 0 saturated carbocycles. The van der Waals surface area contributed by atoms with Gasteiger partial charge < -0.3 is 0 Å². The highest BCUT2D eigenvalue weighted by atomic mass is 16.6. The minimum Gasteiger partial charge on any atom is -0.298 e. The van der Waals surface area contributed by atoms with Gasteiger partial charge in [-0.3, -0.25) is 19.6 Å². The molecule has 1 aromatic heterocycles. The molecule has 6 heteroatoms. The van der Waals surface area contributed by atoms with Gasteiger partial charge in [0.05, 0.1) is 16.7 Å². The number of carbonyl (C=O) groups excluding carboxylic acids is 1. The third kappa shape index (κ3) is 2.79. The molecule has 0 spiro atoms. The lowest BCUT2D eigenvalue weighted by Crippen LogP contribution is -2.01. The Morgan fingerprint density at radius 2 is 2.06 bits per heavy atom. The van der Waals surface area contributed by atoms with E-state index in [0.29, 0.717) is 18.5 Å². The zero-order valence-corrected chi connectivity index (χ0v) is 9.52. The van der Waals surface area contributed by atoms with Crippen LogP contribution in [-0.4, -0.2) is 21.0 Å². The lowest BCUT2D eigenvalue weighted by atomic mass is 10.1. The number of aryl methyl sites for hydroxylation is 2. The minimum absolute atomic E-state index is 0.0843. The largest absolute Gasteiger partial charge is 0.298 e. The van der Waals surface area contributed by atoms with E-state index >= 15 is 0 Å². The minimum atomic E-state index is -0.423. The molecule has 18 heavy (non-hydrogen) atoms. The van der Waals surface area contributed by atoms with Gasteiger partial charge in [-0.15, -0.1) is 0 Å². The lowest BCUT2D eigenvalue weighted by Gasteiger charge is -2.01. The number of hydrogen-bond acceptors (Lipinski definition) is 4. The Labute approximate surface area is 103 Å². The van der Waals surface area contributed by atoms with Gasteiger partial charge in [-0.25, -0.2) is 0 Å². The first-order chi connectivity index (χ1) is 8.69. The van der Waals surface area contributed by atoms with Crippen molar-refractivity contribution < 1.29 is 9.72 Å².